The van der Waals surface area contributed by atoms with Crippen molar-refractivity contribution in [3.8, 4) is 0 Å². The van der Waals surface area contributed by atoms with Crippen LogP contribution < -0.4 is 0 Å². The number of hydrogen-bond acceptors (Lipinski definition) is 3. The van der Waals surface area contributed by atoms with E-state index in [1.807, 2.05) is 6.07 Å². The molecule has 1 aromatic carbocycles. The number of furan rings is 1. The van der Waals surface area contributed by atoms with Gasteiger partial charge in [-0.25, -0.2) is 0 Å². The van der Waals surface area contributed by atoms with Crippen molar-refractivity contribution in [2.75, 3.05) is 0 Å². The highest BCUT2D eigenvalue weighted by Gasteiger charge is 2.38. The molecule has 1 aromatic heterocycles. The maximum absolute atomic E-state index is 12.4. The van der Waals surface area contributed by atoms with E-state index in [2.05, 4.69) is 0 Å². The van der Waals surface area contributed by atoms with Crippen molar-refractivity contribution in [1.82, 2.24) is 4.90 Å². The molecule has 0 bridgehead atoms. The summed E-state index contributed by atoms with van der Waals surface area (Å²) in [6.45, 7) is 0.0806. The fourth-order valence-corrected chi connectivity index (χ4v) is 2.40. The quantitative estimate of drug-likeness (QED) is 0.816. The lowest BCUT2D eigenvalue weighted by molar-refractivity contribution is -0.137. The molecule has 3 rings (SSSR count). The molecular weight excluding hydrogens is 278 g/mol. The van der Waals surface area contributed by atoms with E-state index >= 15 is 0 Å². The van der Waals surface area contributed by atoms with Crippen molar-refractivity contribution in [2.24, 2.45) is 0 Å². The number of halogens is 1. The highest BCUT2D eigenvalue weighted by molar-refractivity contribution is 6.55. The van der Waals surface area contributed by atoms with Crippen molar-refractivity contribution >= 4 is 29.0 Å². The topological polar surface area (TPSA) is 50.5 Å². The molecule has 0 saturated carbocycles. The van der Waals surface area contributed by atoms with Crippen LogP contribution in [-0.2, 0) is 16.1 Å². The van der Waals surface area contributed by atoms with Gasteiger partial charge in [-0.3, -0.25) is 14.5 Å². The number of benzene rings is 1. The highest BCUT2D eigenvalue weighted by Crippen LogP contribution is 2.32. The molecule has 0 radical (unpaired) electrons. The van der Waals surface area contributed by atoms with E-state index in [1.54, 1.807) is 36.4 Å². The number of nitrogens with zero attached hydrogens (tertiary/aromatic N) is 1. The SMILES string of the molecule is O=C1C(Cl)=C(c2ccccc2)C(=O)N1Cc1ccco1. The molecule has 0 unspecified atom stereocenters. The molecule has 1 aliphatic rings. The predicted octanol–water partition coefficient (Wildman–Crippen LogP) is 2.80. The Morgan fingerprint density at radius 3 is 2.40 bits per heavy atom. The van der Waals surface area contributed by atoms with Crippen molar-refractivity contribution < 1.29 is 14.0 Å². The van der Waals surface area contributed by atoms with Gasteiger partial charge in [-0.15, -0.1) is 0 Å². The van der Waals surface area contributed by atoms with Gasteiger partial charge in [-0.05, 0) is 17.7 Å². The number of carbonyl (C=O) groups excluding carboxylic acids is 2. The lowest BCUT2D eigenvalue weighted by atomic mass is 10.1. The minimum Gasteiger partial charge on any atom is -0.467 e. The van der Waals surface area contributed by atoms with Gasteiger partial charge in [0.05, 0.1) is 18.4 Å². The van der Waals surface area contributed by atoms with Crippen LogP contribution in [0.1, 0.15) is 11.3 Å². The average Bonchev–Trinajstić information content (AvgIpc) is 3.04. The zero-order chi connectivity index (χ0) is 14.1. The third kappa shape index (κ3) is 2.04. The van der Waals surface area contributed by atoms with Crippen LogP contribution in [0, 0.1) is 0 Å². The molecule has 4 nitrogen and oxygen atoms in total. The summed E-state index contributed by atoms with van der Waals surface area (Å²) in [5.74, 6) is -0.361. The van der Waals surface area contributed by atoms with Crippen LogP contribution >= 0.6 is 11.6 Å². The largest absolute Gasteiger partial charge is 0.467 e. The van der Waals surface area contributed by atoms with Crippen LogP contribution in [0.15, 0.2) is 58.2 Å². The molecule has 2 aromatic rings. The maximum Gasteiger partial charge on any atom is 0.273 e. The van der Waals surface area contributed by atoms with Crippen LogP contribution in [0.4, 0.5) is 0 Å². The molecule has 2 heterocycles. The molecule has 0 fully saturated rings. The monoisotopic (exact) mass is 287 g/mol. The molecule has 1 aliphatic heterocycles. The van der Waals surface area contributed by atoms with Gasteiger partial charge >= 0.3 is 0 Å². The van der Waals surface area contributed by atoms with Gasteiger partial charge in [0, 0.05) is 0 Å². The Bertz CT molecular complexity index is 689. The zero-order valence-corrected chi connectivity index (χ0v) is 11.1. The van der Waals surface area contributed by atoms with E-state index in [-0.39, 0.29) is 17.2 Å². The Labute approximate surface area is 120 Å². The van der Waals surface area contributed by atoms with Gasteiger partial charge < -0.3 is 4.42 Å². The average molecular weight is 288 g/mol. The molecule has 2 amide bonds. The fourth-order valence-electron chi connectivity index (χ4n) is 2.10. The van der Waals surface area contributed by atoms with Crippen LogP contribution in [0.5, 0.6) is 0 Å². The van der Waals surface area contributed by atoms with Gasteiger partial charge in [-0.2, -0.15) is 0 Å². The number of rotatable bonds is 3. The van der Waals surface area contributed by atoms with E-state index < -0.39 is 11.8 Å². The van der Waals surface area contributed by atoms with Crippen molar-refractivity contribution in [1.29, 1.82) is 0 Å². The Kier molecular flexibility index (Phi) is 3.16. The highest BCUT2D eigenvalue weighted by atomic mass is 35.5. The molecule has 20 heavy (non-hydrogen) atoms. The first-order chi connectivity index (χ1) is 9.68. The molecule has 100 valence electrons. The van der Waals surface area contributed by atoms with Crippen LogP contribution in [0.2, 0.25) is 0 Å². The Morgan fingerprint density at radius 1 is 1.00 bits per heavy atom. The second kappa shape index (κ2) is 4.98. The molecule has 0 N–H and O–H groups in total. The summed E-state index contributed by atoms with van der Waals surface area (Å²) in [5.41, 5.74) is 0.876. The lowest BCUT2D eigenvalue weighted by Crippen LogP contribution is -2.30. The fraction of sp³-hybridized carbons (Fsp3) is 0.0667. The Hall–Kier alpha value is -2.33. The summed E-state index contributed by atoms with van der Waals surface area (Å²) in [6, 6.07) is 12.3. The summed E-state index contributed by atoms with van der Waals surface area (Å²) in [4.78, 5) is 25.6. The lowest BCUT2D eigenvalue weighted by Gasteiger charge is -2.12. The smallest absolute Gasteiger partial charge is 0.273 e. The van der Waals surface area contributed by atoms with Gasteiger partial charge in [-0.1, -0.05) is 41.9 Å². The first-order valence-electron chi connectivity index (χ1n) is 6.02. The molecule has 0 spiro atoms. The molecule has 0 atom stereocenters. The van der Waals surface area contributed by atoms with Gasteiger partial charge in [0.25, 0.3) is 11.8 Å². The van der Waals surface area contributed by atoms with E-state index in [1.165, 1.54) is 6.26 Å². The minimum atomic E-state index is -0.494. The number of amides is 2. The van der Waals surface area contributed by atoms with Crippen molar-refractivity contribution in [2.45, 2.75) is 6.54 Å². The Balaban J connectivity index is 1.94. The summed E-state index contributed by atoms with van der Waals surface area (Å²) >= 11 is 6.03. The van der Waals surface area contributed by atoms with Crippen LogP contribution in [0.25, 0.3) is 5.57 Å². The summed E-state index contributed by atoms with van der Waals surface area (Å²) in [6.07, 6.45) is 1.49. The van der Waals surface area contributed by atoms with Crippen LogP contribution in [-0.4, -0.2) is 16.7 Å². The van der Waals surface area contributed by atoms with Gasteiger partial charge in [0.1, 0.15) is 10.8 Å². The third-order valence-electron chi connectivity index (χ3n) is 3.07. The predicted molar refractivity (Wildman–Crippen MR) is 73.5 cm³/mol. The normalized spacial score (nSPS) is 15.3. The molecule has 0 saturated heterocycles. The summed E-state index contributed by atoms with van der Waals surface area (Å²) < 4.78 is 5.16. The van der Waals surface area contributed by atoms with E-state index in [9.17, 15) is 9.59 Å². The first-order valence-corrected chi connectivity index (χ1v) is 6.40. The Morgan fingerprint density at radius 2 is 1.75 bits per heavy atom. The second-order valence-electron chi connectivity index (χ2n) is 4.33. The van der Waals surface area contributed by atoms with Gasteiger partial charge in [0.2, 0.25) is 0 Å². The summed E-state index contributed by atoms with van der Waals surface area (Å²) in [5, 5.41) is -0.0484. The minimum absolute atomic E-state index is 0.0484. The van der Waals surface area contributed by atoms with Crippen LogP contribution in [0.3, 0.4) is 0 Å². The number of hydrogen-bond donors (Lipinski definition) is 0. The molecule has 0 aliphatic carbocycles. The third-order valence-corrected chi connectivity index (χ3v) is 3.42. The van der Waals surface area contributed by atoms with E-state index in [0.717, 1.165) is 4.90 Å². The van der Waals surface area contributed by atoms with Crippen molar-refractivity contribution in [3.63, 3.8) is 0 Å². The second-order valence-corrected chi connectivity index (χ2v) is 4.71. The molecular formula is C15H10ClNO3. The maximum atomic E-state index is 12.4. The zero-order valence-electron chi connectivity index (χ0n) is 10.4. The van der Waals surface area contributed by atoms with Gasteiger partial charge in [0.15, 0.2) is 0 Å². The van der Waals surface area contributed by atoms with E-state index in [4.69, 9.17) is 16.0 Å². The van der Waals surface area contributed by atoms with Crippen molar-refractivity contribution in [3.05, 3.63) is 65.1 Å². The summed E-state index contributed by atoms with van der Waals surface area (Å²) in [7, 11) is 0. The number of carbonyl (C=O) groups is 2. The standard InChI is InChI=1S/C15H10ClNO3/c16-13-12(10-5-2-1-3-6-10)14(18)17(15(13)19)9-11-7-4-8-20-11/h1-8H,9H2. The number of imide groups is 1. The molecule has 5 heteroatoms. The van der Waals surface area contributed by atoms with E-state index in [0.29, 0.717) is 11.3 Å². The first kappa shape index (κ1) is 12.7.